The maximum absolute atomic E-state index is 5.98. The number of nitrogens with one attached hydrogen (secondary N) is 1. The minimum Gasteiger partial charge on any atom is -0.383 e. The molecule has 3 rings (SSSR count). The average Bonchev–Trinajstić information content (AvgIpc) is 2.47. The molecule has 5 N–H and O–H groups in total. The summed E-state index contributed by atoms with van der Waals surface area (Å²) in [5.41, 5.74) is 15.6. The molecule has 1 aromatic heterocycles. The van der Waals surface area contributed by atoms with Crippen molar-refractivity contribution in [3.63, 3.8) is 0 Å². The van der Waals surface area contributed by atoms with Gasteiger partial charge in [0.15, 0.2) is 0 Å². The third-order valence-corrected chi connectivity index (χ3v) is 3.43. The van der Waals surface area contributed by atoms with Gasteiger partial charge in [-0.1, -0.05) is 36.4 Å². The molecule has 0 radical (unpaired) electrons. The predicted octanol–water partition coefficient (Wildman–Crippen LogP) is 2.71. The van der Waals surface area contributed by atoms with E-state index in [1.54, 1.807) is 0 Å². The number of hydrogen-bond acceptors (Lipinski definition) is 5. The summed E-state index contributed by atoms with van der Waals surface area (Å²) >= 11 is 0. The molecule has 0 bridgehead atoms. The zero-order chi connectivity index (χ0) is 14.8. The molecule has 3 aromatic rings. The van der Waals surface area contributed by atoms with Crippen LogP contribution in [0, 0.1) is 6.92 Å². The number of hydrogen-bond donors (Lipinski definition) is 3. The molecule has 0 saturated heterocycles. The second kappa shape index (κ2) is 5.28. The van der Waals surface area contributed by atoms with E-state index in [2.05, 4.69) is 27.4 Å². The van der Waals surface area contributed by atoms with Gasteiger partial charge in [0.25, 0.3) is 0 Å². The third kappa shape index (κ3) is 2.58. The van der Waals surface area contributed by atoms with Gasteiger partial charge in [-0.3, -0.25) is 0 Å². The first-order valence-electron chi connectivity index (χ1n) is 6.75. The minimum absolute atomic E-state index is 0.188. The molecule has 0 aliphatic carbocycles. The summed E-state index contributed by atoms with van der Waals surface area (Å²) in [4.78, 5) is 8.37. The Morgan fingerprint density at radius 2 is 1.76 bits per heavy atom. The van der Waals surface area contributed by atoms with E-state index in [4.69, 9.17) is 11.5 Å². The Morgan fingerprint density at radius 1 is 1.00 bits per heavy atom. The van der Waals surface area contributed by atoms with Gasteiger partial charge in [-0.15, -0.1) is 0 Å². The molecule has 0 unspecified atom stereocenters. The maximum Gasteiger partial charge on any atom is 0.222 e. The SMILES string of the molecule is Cc1ccc(NCc2ccccc2)c2nc(N)nc(N)c12. The number of nitrogens with zero attached hydrogens (tertiary/aromatic N) is 2. The van der Waals surface area contributed by atoms with Crippen molar-refractivity contribution >= 4 is 28.4 Å². The smallest absolute Gasteiger partial charge is 0.222 e. The Morgan fingerprint density at radius 3 is 2.52 bits per heavy atom. The molecule has 0 aliphatic heterocycles. The number of aryl methyl sites for hydroxylation is 1. The first-order chi connectivity index (χ1) is 10.1. The minimum atomic E-state index is 0.188. The first kappa shape index (κ1) is 13.2. The summed E-state index contributed by atoms with van der Waals surface area (Å²) in [6.45, 7) is 2.70. The normalized spacial score (nSPS) is 10.7. The molecule has 0 spiro atoms. The van der Waals surface area contributed by atoms with Crippen LogP contribution in [0.3, 0.4) is 0 Å². The lowest BCUT2D eigenvalue weighted by Crippen LogP contribution is -2.05. The molecule has 5 nitrogen and oxygen atoms in total. The van der Waals surface area contributed by atoms with Crippen LogP contribution >= 0.6 is 0 Å². The lowest BCUT2D eigenvalue weighted by Gasteiger charge is -2.12. The van der Waals surface area contributed by atoms with E-state index in [1.807, 2.05) is 37.3 Å². The van der Waals surface area contributed by atoms with Gasteiger partial charge in [0.05, 0.1) is 5.69 Å². The molecule has 0 aliphatic rings. The van der Waals surface area contributed by atoms with Gasteiger partial charge in [0.2, 0.25) is 5.95 Å². The summed E-state index contributed by atoms with van der Waals surface area (Å²) in [6.07, 6.45) is 0. The molecule has 0 fully saturated rings. The molecule has 0 atom stereocenters. The Balaban J connectivity index is 2.01. The van der Waals surface area contributed by atoms with Crippen molar-refractivity contribution < 1.29 is 0 Å². The van der Waals surface area contributed by atoms with Crippen LogP contribution in [0.15, 0.2) is 42.5 Å². The van der Waals surface area contributed by atoms with Gasteiger partial charge in [0, 0.05) is 11.9 Å². The highest BCUT2D eigenvalue weighted by molar-refractivity contribution is 5.99. The van der Waals surface area contributed by atoms with Crippen molar-refractivity contribution in [2.24, 2.45) is 0 Å². The van der Waals surface area contributed by atoms with Crippen molar-refractivity contribution in [2.75, 3.05) is 16.8 Å². The highest BCUT2D eigenvalue weighted by atomic mass is 15.0. The van der Waals surface area contributed by atoms with Crippen molar-refractivity contribution in [2.45, 2.75) is 13.5 Å². The van der Waals surface area contributed by atoms with E-state index < -0.39 is 0 Å². The Labute approximate surface area is 123 Å². The van der Waals surface area contributed by atoms with Gasteiger partial charge < -0.3 is 16.8 Å². The Hall–Kier alpha value is -2.82. The highest BCUT2D eigenvalue weighted by Crippen LogP contribution is 2.29. The number of nitrogen functional groups attached to an aromatic ring is 2. The van der Waals surface area contributed by atoms with Gasteiger partial charge in [0.1, 0.15) is 11.3 Å². The summed E-state index contributed by atoms with van der Waals surface area (Å²) < 4.78 is 0. The second-order valence-electron chi connectivity index (χ2n) is 4.96. The van der Waals surface area contributed by atoms with E-state index in [9.17, 15) is 0 Å². The molecule has 106 valence electrons. The first-order valence-corrected chi connectivity index (χ1v) is 6.75. The van der Waals surface area contributed by atoms with Crippen LogP contribution in [0.4, 0.5) is 17.5 Å². The molecule has 2 aromatic carbocycles. The monoisotopic (exact) mass is 279 g/mol. The summed E-state index contributed by atoms with van der Waals surface area (Å²) in [5.74, 6) is 0.603. The molecular formula is C16H17N5. The lowest BCUT2D eigenvalue weighted by atomic mass is 10.1. The van der Waals surface area contributed by atoms with Crippen molar-refractivity contribution in [1.82, 2.24) is 9.97 Å². The predicted molar refractivity (Wildman–Crippen MR) is 86.9 cm³/mol. The van der Waals surface area contributed by atoms with E-state index in [1.165, 1.54) is 5.56 Å². The Kier molecular flexibility index (Phi) is 3.31. The average molecular weight is 279 g/mol. The van der Waals surface area contributed by atoms with Crippen LogP contribution < -0.4 is 16.8 Å². The fraction of sp³-hybridized carbons (Fsp3) is 0.125. The molecule has 1 heterocycles. The largest absolute Gasteiger partial charge is 0.383 e. The van der Waals surface area contributed by atoms with Gasteiger partial charge in [-0.25, -0.2) is 4.98 Å². The van der Waals surface area contributed by atoms with Crippen LogP contribution in [-0.4, -0.2) is 9.97 Å². The van der Waals surface area contributed by atoms with Crippen LogP contribution in [0.1, 0.15) is 11.1 Å². The van der Waals surface area contributed by atoms with Crippen molar-refractivity contribution in [3.05, 3.63) is 53.6 Å². The van der Waals surface area contributed by atoms with Crippen LogP contribution in [-0.2, 0) is 6.54 Å². The fourth-order valence-corrected chi connectivity index (χ4v) is 2.39. The lowest BCUT2D eigenvalue weighted by molar-refractivity contribution is 1.15. The number of benzene rings is 2. The number of anilines is 3. The Bertz CT molecular complexity index is 784. The van der Waals surface area contributed by atoms with Gasteiger partial charge in [-0.05, 0) is 24.1 Å². The highest BCUT2D eigenvalue weighted by Gasteiger charge is 2.10. The zero-order valence-corrected chi connectivity index (χ0v) is 11.8. The molecule has 5 heteroatoms. The van der Waals surface area contributed by atoms with Crippen molar-refractivity contribution in [3.8, 4) is 0 Å². The number of nitrogens with two attached hydrogens (primary N) is 2. The third-order valence-electron chi connectivity index (χ3n) is 3.43. The van der Waals surface area contributed by atoms with Gasteiger partial charge in [-0.2, -0.15) is 4.98 Å². The maximum atomic E-state index is 5.98. The fourth-order valence-electron chi connectivity index (χ4n) is 2.39. The van der Waals surface area contributed by atoms with E-state index in [-0.39, 0.29) is 5.95 Å². The molecule has 0 amide bonds. The van der Waals surface area contributed by atoms with Gasteiger partial charge >= 0.3 is 0 Å². The quantitative estimate of drug-likeness (QED) is 0.686. The van der Waals surface area contributed by atoms with Crippen LogP contribution in [0.2, 0.25) is 0 Å². The summed E-state index contributed by atoms with van der Waals surface area (Å²) in [7, 11) is 0. The summed E-state index contributed by atoms with van der Waals surface area (Å²) in [5, 5.41) is 4.23. The van der Waals surface area contributed by atoms with E-state index in [0.717, 1.165) is 22.2 Å². The van der Waals surface area contributed by atoms with Crippen LogP contribution in [0.25, 0.3) is 10.9 Å². The number of aromatic nitrogens is 2. The standard InChI is InChI=1S/C16H17N5/c1-10-7-8-12(19-9-11-5-3-2-4-6-11)14-13(10)15(17)21-16(18)20-14/h2-8,19H,9H2,1H3,(H4,17,18,20,21). The second-order valence-corrected chi connectivity index (χ2v) is 4.96. The molecule has 0 saturated carbocycles. The van der Waals surface area contributed by atoms with E-state index in [0.29, 0.717) is 12.4 Å². The topological polar surface area (TPSA) is 89.8 Å². The molecule has 21 heavy (non-hydrogen) atoms. The zero-order valence-electron chi connectivity index (χ0n) is 11.8. The van der Waals surface area contributed by atoms with Crippen molar-refractivity contribution in [1.29, 1.82) is 0 Å². The summed E-state index contributed by atoms with van der Waals surface area (Å²) in [6, 6.07) is 14.2. The molecular weight excluding hydrogens is 262 g/mol. The number of rotatable bonds is 3. The van der Waals surface area contributed by atoms with E-state index >= 15 is 0 Å². The van der Waals surface area contributed by atoms with Crippen LogP contribution in [0.5, 0.6) is 0 Å². The number of fused-ring (bicyclic) bond motifs is 1.